The Morgan fingerprint density at radius 3 is 2.77 bits per heavy atom. The highest BCUT2D eigenvalue weighted by atomic mass is 16.5. The number of nitrogens with zero attached hydrogens (tertiary/aromatic N) is 3. The number of ether oxygens (including phenoxy) is 1. The summed E-state index contributed by atoms with van der Waals surface area (Å²) >= 11 is 0. The number of rotatable bonds is 3. The molecule has 0 fully saturated rings. The number of hydrogen-bond donors (Lipinski definition) is 0. The van der Waals surface area contributed by atoms with E-state index in [1.54, 1.807) is 9.58 Å². The molecule has 6 heteroatoms. The molecule has 2 heterocycles. The van der Waals surface area contributed by atoms with Crippen molar-refractivity contribution in [3.63, 3.8) is 0 Å². The molecule has 0 N–H and O–H groups in total. The molecule has 0 saturated carbocycles. The molecule has 0 bridgehead atoms. The van der Waals surface area contributed by atoms with E-state index in [2.05, 4.69) is 9.84 Å². The van der Waals surface area contributed by atoms with Crippen molar-refractivity contribution >= 4 is 11.9 Å². The zero-order valence-corrected chi connectivity index (χ0v) is 12.4. The van der Waals surface area contributed by atoms with Gasteiger partial charge in [-0.25, -0.2) is 4.79 Å². The Bertz CT molecular complexity index is 694. The summed E-state index contributed by atoms with van der Waals surface area (Å²) in [4.78, 5) is 26.0. The van der Waals surface area contributed by atoms with E-state index in [-0.39, 0.29) is 11.6 Å². The average Bonchev–Trinajstić information content (AvgIpc) is 2.92. The normalized spacial score (nSPS) is 14.4. The highest BCUT2D eigenvalue weighted by Gasteiger charge is 2.26. The predicted octanol–water partition coefficient (Wildman–Crippen LogP) is 1.72. The molecule has 1 aliphatic heterocycles. The van der Waals surface area contributed by atoms with Crippen LogP contribution in [-0.4, -0.2) is 40.2 Å². The molecule has 2 aromatic rings. The van der Waals surface area contributed by atoms with Crippen molar-refractivity contribution in [2.75, 3.05) is 13.7 Å². The van der Waals surface area contributed by atoms with Gasteiger partial charge in [0.05, 0.1) is 7.11 Å². The summed E-state index contributed by atoms with van der Waals surface area (Å²) in [5, 5.41) is 4.17. The lowest BCUT2D eigenvalue weighted by Gasteiger charge is -2.20. The van der Waals surface area contributed by atoms with Crippen molar-refractivity contribution in [1.82, 2.24) is 14.7 Å². The summed E-state index contributed by atoms with van der Waals surface area (Å²) < 4.78 is 6.26. The minimum absolute atomic E-state index is 0.107. The van der Waals surface area contributed by atoms with Gasteiger partial charge in [-0.2, -0.15) is 5.10 Å². The van der Waals surface area contributed by atoms with E-state index in [1.807, 2.05) is 30.3 Å². The molecule has 22 heavy (non-hydrogen) atoms. The molecule has 1 aromatic carbocycles. The third-order valence-electron chi connectivity index (χ3n) is 3.70. The van der Waals surface area contributed by atoms with Gasteiger partial charge in [0.15, 0.2) is 5.69 Å². The SMILES string of the molecule is COC(=O)c1cc2n(n1)CCCN(Cc1ccccc1)C2=O. The van der Waals surface area contributed by atoms with Gasteiger partial charge in [-0.15, -0.1) is 0 Å². The van der Waals surface area contributed by atoms with E-state index in [9.17, 15) is 9.59 Å². The van der Waals surface area contributed by atoms with Crippen LogP contribution in [0.15, 0.2) is 36.4 Å². The molecule has 6 nitrogen and oxygen atoms in total. The van der Waals surface area contributed by atoms with Gasteiger partial charge in [0.2, 0.25) is 0 Å². The maximum Gasteiger partial charge on any atom is 0.358 e. The molecule has 0 saturated heterocycles. The second-order valence-electron chi connectivity index (χ2n) is 5.20. The summed E-state index contributed by atoms with van der Waals surface area (Å²) in [5.41, 5.74) is 1.69. The van der Waals surface area contributed by atoms with Gasteiger partial charge in [0, 0.05) is 25.7 Å². The summed E-state index contributed by atoms with van der Waals surface area (Å²) in [6.45, 7) is 1.84. The number of methoxy groups -OCH3 is 1. The van der Waals surface area contributed by atoms with Crippen LogP contribution >= 0.6 is 0 Å². The smallest absolute Gasteiger partial charge is 0.358 e. The molecule has 1 aromatic heterocycles. The van der Waals surface area contributed by atoms with Crippen molar-refractivity contribution in [2.45, 2.75) is 19.5 Å². The van der Waals surface area contributed by atoms with Crippen molar-refractivity contribution in [3.8, 4) is 0 Å². The highest BCUT2D eigenvalue weighted by molar-refractivity contribution is 5.96. The quantitative estimate of drug-likeness (QED) is 0.809. The van der Waals surface area contributed by atoms with Crippen molar-refractivity contribution in [2.24, 2.45) is 0 Å². The third-order valence-corrected chi connectivity index (χ3v) is 3.70. The van der Waals surface area contributed by atoms with Gasteiger partial charge in [-0.1, -0.05) is 30.3 Å². The molecule has 0 unspecified atom stereocenters. The van der Waals surface area contributed by atoms with Gasteiger partial charge in [-0.05, 0) is 12.0 Å². The van der Waals surface area contributed by atoms with Crippen LogP contribution in [0.5, 0.6) is 0 Å². The second kappa shape index (κ2) is 6.01. The second-order valence-corrected chi connectivity index (χ2v) is 5.20. The van der Waals surface area contributed by atoms with Crippen molar-refractivity contribution in [1.29, 1.82) is 0 Å². The fraction of sp³-hybridized carbons (Fsp3) is 0.312. The zero-order chi connectivity index (χ0) is 15.5. The number of aryl methyl sites for hydroxylation is 1. The Morgan fingerprint density at radius 1 is 1.27 bits per heavy atom. The van der Waals surface area contributed by atoms with E-state index in [0.717, 1.165) is 12.0 Å². The number of hydrogen-bond acceptors (Lipinski definition) is 4. The first-order valence-electron chi connectivity index (χ1n) is 7.18. The molecule has 0 aliphatic carbocycles. The summed E-state index contributed by atoms with van der Waals surface area (Å²) in [6.07, 6.45) is 0.799. The van der Waals surface area contributed by atoms with Gasteiger partial charge in [0.1, 0.15) is 5.69 Å². The number of fused-ring (bicyclic) bond motifs is 1. The number of aromatic nitrogens is 2. The molecule has 0 spiro atoms. The standard InChI is InChI=1S/C16H17N3O3/c1-22-16(21)13-10-14-15(20)18(8-5-9-19(14)17-13)11-12-6-3-2-4-7-12/h2-4,6-7,10H,5,8-9,11H2,1H3. The van der Waals surface area contributed by atoms with Crippen LogP contribution in [0.4, 0.5) is 0 Å². The van der Waals surface area contributed by atoms with Crippen LogP contribution in [0.3, 0.4) is 0 Å². The fourth-order valence-corrected chi connectivity index (χ4v) is 2.59. The van der Waals surface area contributed by atoms with E-state index in [0.29, 0.717) is 25.3 Å². The van der Waals surface area contributed by atoms with E-state index >= 15 is 0 Å². The van der Waals surface area contributed by atoms with Crippen LogP contribution in [0.1, 0.15) is 33.0 Å². The minimum atomic E-state index is -0.525. The number of carbonyl (C=O) groups excluding carboxylic acids is 2. The number of benzene rings is 1. The number of carbonyl (C=O) groups is 2. The van der Waals surface area contributed by atoms with Crippen molar-refractivity contribution < 1.29 is 14.3 Å². The number of esters is 1. The Labute approximate surface area is 128 Å². The van der Waals surface area contributed by atoms with Crippen LogP contribution in [0.25, 0.3) is 0 Å². The number of amides is 1. The Kier molecular flexibility index (Phi) is 3.91. The van der Waals surface area contributed by atoms with Gasteiger partial charge < -0.3 is 9.64 Å². The van der Waals surface area contributed by atoms with Gasteiger partial charge >= 0.3 is 5.97 Å². The summed E-state index contributed by atoms with van der Waals surface area (Å²) in [5.74, 6) is -0.632. The molecule has 3 rings (SSSR count). The van der Waals surface area contributed by atoms with Crippen LogP contribution in [-0.2, 0) is 17.8 Å². The first kappa shape index (κ1) is 14.3. The Morgan fingerprint density at radius 2 is 2.05 bits per heavy atom. The van der Waals surface area contributed by atoms with Crippen molar-refractivity contribution in [3.05, 3.63) is 53.3 Å². The lowest BCUT2D eigenvalue weighted by Crippen LogP contribution is -2.30. The maximum atomic E-state index is 12.7. The molecular weight excluding hydrogens is 282 g/mol. The molecule has 1 amide bonds. The van der Waals surface area contributed by atoms with E-state index < -0.39 is 5.97 Å². The van der Waals surface area contributed by atoms with Crippen LogP contribution in [0.2, 0.25) is 0 Å². The summed E-state index contributed by atoms with van der Waals surface area (Å²) in [6, 6.07) is 11.4. The monoisotopic (exact) mass is 299 g/mol. The maximum absolute atomic E-state index is 12.7. The first-order valence-corrected chi connectivity index (χ1v) is 7.18. The fourth-order valence-electron chi connectivity index (χ4n) is 2.59. The van der Waals surface area contributed by atoms with Gasteiger partial charge in [0.25, 0.3) is 5.91 Å². The minimum Gasteiger partial charge on any atom is -0.464 e. The molecule has 0 radical (unpaired) electrons. The Balaban J connectivity index is 1.86. The van der Waals surface area contributed by atoms with Gasteiger partial charge in [-0.3, -0.25) is 9.48 Å². The highest BCUT2D eigenvalue weighted by Crippen LogP contribution is 2.16. The third kappa shape index (κ3) is 2.72. The predicted molar refractivity (Wildman–Crippen MR) is 79.4 cm³/mol. The molecule has 114 valence electrons. The topological polar surface area (TPSA) is 64.4 Å². The first-order chi connectivity index (χ1) is 10.7. The van der Waals surface area contributed by atoms with E-state index in [1.165, 1.54) is 13.2 Å². The zero-order valence-electron chi connectivity index (χ0n) is 12.4. The average molecular weight is 299 g/mol. The molecule has 1 aliphatic rings. The molecule has 0 atom stereocenters. The summed E-state index contributed by atoms with van der Waals surface area (Å²) in [7, 11) is 1.30. The Hall–Kier alpha value is -2.63. The molecular formula is C16H17N3O3. The largest absolute Gasteiger partial charge is 0.464 e. The lowest BCUT2D eigenvalue weighted by atomic mass is 10.2. The van der Waals surface area contributed by atoms with E-state index in [4.69, 9.17) is 0 Å². The lowest BCUT2D eigenvalue weighted by molar-refractivity contribution is 0.0593. The van der Waals surface area contributed by atoms with Crippen LogP contribution < -0.4 is 0 Å². The van der Waals surface area contributed by atoms with Crippen LogP contribution in [0, 0.1) is 0 Å².